The molecule has 61 nitrogen and oxygen atoms in total. The van der Waals surface area contributed by atoms with Crippen molar-refractivity contribution in [3.05, 3.63) is 263 Å². The van der Waals surface area contributed by atoms with Gasteiger partial charge in [-0.05, 0) is 177 Å². The number of hydrogen-bond donors (Lipinski definition) is 17. The van der Waals surface area contributed by atoms with Gasteiger partial charge in [-0.25, -0.2) is 34.1 Å². The molecule has 66 heteroatoms. The quantitative estimate of drug-likeness (QED) is 0.00168. The second kappa shape index (κ2) is 70.7. The van der Waals surface area contributed by atoms with Gasteiger partial charge in [0.25, 0.3) is 0 Å². The number of nitro groups is 4. The van der Waals surface area contributed by atoms with Gasteiger partial charge in [-0.15, -0.1) is 35.8 Å². The number of imidazole rings is 2. The molecule has 6 aromatic heterocycles. The van der Waals surface area contributed by atoms with Crippen molar-refractivity contribution in [1.82, 2.24) is 29.1 Å². The van der Waals surface area contributed by atoms with Gasteiger partial charge in [0.05, 0.1) is 72.7 Å². The summed E-state index contributed by atoms with van der Waals surface area (Å²) in [6.07, 6.45) is 31.0. The molecule has 6 heterocycles. The van der Waals surface area contributed by atoms with Crippen LogP contribution in [0.25, 0.3) is 0 Å². The number of ketones is 3. The molecule has 791 valence electrons. The van der Waals surface area contributed by atoms with E-state index in [0.717, 1.165) is 226 Å². The van der Waals surface area contributed by atoms with E-state index in [4.69, 9.17) is 57.4 Å². The van der Waals surface area contributed by atoms with Crippen molar-refractivity contribution in [2.24, 2.45) is 138 Å². The molecule has 13 rings (SSSR count). The number of hydrazine groups is 1. The minimum Gasteiger partial charge on any atom is -0.508 e. The Morgan fingerprint density at radius 3 is 1.25 bits per heavy atom. The summed E-state index contributed by atoms with van der Waals surface area (Å²) < 4.78 is 19.3. The van der Waals surface area contributed by atoms with Gasteiger partial charge in [0.2, 0.25) is 10.3 Å². The maximum absolute atomic E-state index is 10.9. The Morgan fingerprint density at radius 1 is 0.523 bits per heavy atom. The summed E-state index contributed by atoms with van der Waals surface area (Å²) in [6.45, 7) is 6.20. The normalized spacial score (nSPS) is 12.5. The number of phenols is 6. The first-order valence-electron chi connectivity index (χ1n) is 41.1. The Morgan fingerprint density at radius 2 is 0.919 bits per heavy atom. The third-order valence-electron chi connectivity index (χ3n) is 16.4. The number of aryl methyl sites for hydroxylation is 4. The van der Waals surface area contributed by atoms with Gasteiger partial charge in [0.15, 0.2) is 17.3 Å². The summed E-state index contributed by atoms with van der Waals surface area (Å²) in [5, 5.41) is 197. The zero-order valence-corrected chi connectivity index (χ0v) is 82.9. The largest absolute Gasteiger partial charge is 0.508 e. The fourth-order valence-electron chi connectivity index (χ4n) is 9.68. The van der Waals surface area contributed by atoms with Crippen LogP contribution >= 0.6 is 45.3 Å². The minimum absolute atomic E-state index is 0. The van der Waals surface area contributed by atoms with Gasteiger partial charge in [0.1, 0.15) is 124 Å². The number of ether oxygens (including phenoxy) is 2. The number of unbranched alkanes of at least 4 members (excludes halogenated alkanes) is 1. The molecule has 0 fully saturated rings. The van der Waals surface area contributed by atoms with Crippen molar-refractivity contribution in [1.29, 1.82) is 10.8 Å². The molecule has 0 bridgehead atoms. The number of aromatic hydroxyl groups is 6. The van der Waals surface area contributed by atoms with Crippen LogP contribution in [0.2, 0.25) is 0 Å². The number of rotatable bonds is 35. The third-order valence-corrected chi connectivity index (χ3v) is 19.8. The van der Waals surface area contributed by atoms with E-state index in [1.165, 1.54) is 86.0 Å². The smallest absolute Gasteiger partial charge is 0.421 e. The Balaban J connectivity index is 0.000000608. The van der Waals surface area contributed by atoms with Crippen LogP contribution in [-0.2, 0) is 68.8 Å². The molecular formula is C83H98CoN38O23S4. The molecule has 25 N–H and O–H groups in total. The van der Waals surface area contributed by atoms with Crippen LogP contribution < -0.4 is 67.9 Å². The molecule has 11 aromatic rings. The molecule has 0 amide bonds. The molecule has 149 heavy (non-hydrogen) atoms. The van der Waals surface area contributed by atoms with E-state index in [2.05, 4.69) is 134 Å². The number of allylic oxidation sites excluding steroid dienone is 8. The van der Waals surface area contributed by atoms with Crippen molar-refractivity contribution in [3.63, 3.8) is 0 Å². The predicted molar refractivity (Wildman–Crippen MR) is 546 cm³/mol. The van der Waals surface area contributed by atoms with Crippen LogP contribution in [0.5, 0.6) is 34.5 Å². The summed E-state index contributed by atoms with van der Waals surface area (Å²) in [5.74, 6) is 8.89. The predicted octanol–water partition coefficient (Wildman–Crippen LogP) is 11.0. The topological polar surface area (TPSA) is 937 Å². The van der Waals surface area contributed by atoms with Crippen LogP contribution in [-0.4, -0.2) is 190 Å². The first-order chi connectivity index (χ1) is 70.1. The van der Waals surface area contributed by atoms with Crippen LogP contribution in [0.4, 0.5) is 82.0 Å². The minimum atomic E-state index is -0.583. The van der Waals surface area contributed by atoms with Crippen LogP contribution in [0.3, 0.4) is 0 Å². The van der Waals surface area contributed by atoms with E-state index in [-0.39, 0.29) is 154 Å². The molecular weight excluding hydrogens is 2080 g/mol. The summed E-state index contributed by atoms with van der Waals surface area (Å²) >= 11 is 3.17. The van der Waals surface area contributed by atoms with Crippen LogP contribution in [0, 0.1) is 51.3 Å². The first-order valence-corrected chi connectivity index (χ1v) is 44.4. The average Bonchev–Trinajstić information content (AvgIpc) is 1.74. The second-order valence-electron chi connectivity index (χ2n) is 27.2. The number of nitrogens with one attached hydrogen (secondary N) is 5. The summed E-state index contributed by atoms with van der Waals surface area (Å²) in [7, 11) is 7.80. The number of nitrogens with zero attached hydrogens (tertiary/aromatic N) is 29. The number of hydrogen-bond acceptors (Lipinski definition) is 49. The van der Waals surface area contributed by atoms with Crippen LogP contribution in [0.15, 0.2) is 300 Å². The van der Waals surface area contributed by atoms with Crippen molar-refractivity contribution < 1.29 is 121 Å². The number of carbonyl (C=O) groups is 3. The van der Waals surface area contributed by atoms with Gasteiger partial charge in [-0.3, -0.25) is 81.3 Å². The van der Waals surface area contributed by atoms with Gasteiger partial charge in [-0.2, -0.15) is 10.2 Å². The number of phenolic OH excluding ortho intramolecular Hbond substituents is 6. The number of azo groups is 5. The zero-order chi connectivity index (χ0) is 107. The Labute approximate surface area is 867 Å². The standard InChI is InChI=1S/C32H44N10O2.3C9H6N4O4S.2C7H7N3O2.C6H9N3O.C3H4N4O2S.CH5N3.Co.2H2O/c1-39-19-20-40(2)31(39)37-35-29-13-9-27(10-14-29)33-17-7-25-43-23-5-6-24-44-26-8-18-34-28-11-15-30(16-12-28)36-38-32-41(3)21-22-42(32)4;3*14-5-1-2-6(7(15)3-5)11-12-9-10-4-8(18-9)13(16)17;2*8-4-9-10-6-2-1-5(11)3-7(6)12;1-6(10)3-2-4-8-9-5-7;4-6-3-5-1-2(10-3)7(8)9;2-1-4-3;;;/h9-16,19-22H,5-8,17-18,23-26H2,1-4H3;2*1-4H,(H2,10,12,14,15);1-4,14-15H;2*1-4,8,11-12H;2-5H,1H3,(H2,7,9);1H,4H2,(H,5,6);1H,3H2,(H2,2,4);;2*1H2/b;;;;;;3-2-,8-4-;;;;;. The number of aliphatic hydroxyl groups is 2. The fourth-order valence-corrected chi connectivity index (χ4v) is 11.9. The maximum atomic E-state index is 10.9. The van der Waals surface area contributed by atoms with Crippen molar-refractivity contribution in [2.45, 2.75) is 32.6 Å². The summed E-state index contributed by atoms with van der Waals surface area (Å²) in [5.41, 5.74) is 16.2. The molecule has 0 spiro atoms. The number of aliphatic hydroxyl groups excluding tert-OH is 2. The number of aromatic nitrogens is 8. The second-order valence-corrected chi connectivity index (χ2v) is 31.1. The summed E-state index contributed by atoms with van der Waals surface area (Å²) in [6, 6.07) is 27.6. The Bertz CT molecular complexity index is 6500. The first kappa shape index (κ1) is 126. The Kier molecular flexibility index (Phi) is 59.9. The number of hydrazone groups is 1. The van der Waals surface area contributed by atoms with Gasteiger partial charge < -0.3 is 109 Å². The molecule has 1 radical (unpaired) electrons. The molecule has 0 unspecified atom stereocenters. The zero-order valence-electron chi connectivity index (χ0n) is 78.6. The third kappa shape index (κ3) is 50.1. The molecule has 5 aromatic carbocycles. The number of nitrogen functional groups attached to an aromatic ring is 1. The van der Waals surface area contributed by atoms with E-state index in [1.807, 2.05) is 120 Å². The number of nitrogens with two attached hydrogens (primary N) is 4. The van der Waals surface area contributed by atoms with E-state index in [0.29, 0.717) is 5.13 Å². The summed E-state index contributed by atoms with van der Waals surface area (Å²) in [4.78, 5) is 85.8. The van der Waals surface area contributed by atoms with E-state index >= 15 is 0 Å². The van der Waals surface area contributed by atoms with Gasteiger partial charge in [-0.1, -0.05) is 32.9 Å². The maximum Gasteiger partial charge on any atom is 0.421 e. The number of carbonyl (C=O) groups excluding carboxylic acids is 3. The fraction of sp³-hybridized carbons (Fsp3) is 0.181. The van der Waals surface area contributed by atoms with Gasteiger partial charge in [0, 0.05) is 136 Å². The van der Waals surface area contributed by atoms with Crippen molar-refractivity contribution >= 4 is 188 Å². The Hall–Kier alpha value is -18.9. The molecule has 0 saturated heterocycles. The number of thiazole rings is 4. The molecule has 0 atom stereocenters. The SMILES string of the molecule is CC(=O)\C=C/C=N\N=C/N.Cn1cc[n+](C)c1N=Nc1ccc(NCCCOCCCCOCCCNc2ccc(N=Nc3n(C)cc[n+]3C)cc2)cc1.N/C=N\N.N=CN=Nc1ccc(O)cc1O.N=CN=Nc1ccc(O)cc1O.NNc1ncc([N+](=O)[O-])s1.O.O.O=C1C=CC(=NN=c2[n-]cc([N+](=O)[O-])s2)C(O)=C1.O=C1C=CC(=NN=c2[n-]cc([N+](=O)[O-])s2)C(O)=C1.O=[N+]([O-])c1cnc(N=Nc2ccc(O)cc2O)s1.[Co]. The molecule has 0 saturated carbocycles. The van der Waals surface area contributed by atoms with Gasteiger partial charge >= 0.3 is 31.9 Å². The van der Waals surface area contributed by atoms with E-state index in [9.17, 15) is 70.2 Å². The number of anilines is 3. The molecule has 0 aliphatic heterocycles. The van der Waals surface area contributed by atoms with E-state index < -0.39 is 19.7 Å². The van der Waals surface area contributed by atoms with E-state index in [1.54, 1.807) is 0 Å². The molecule has 2 aliphatic rings. The number of benzene rings is 5. The van der Waals surface area contributed by atoms with Crippen LogP contribution in [0.1, 0.15) is 32.6 Å². The van der Waals surface area contributed by atoms with Crippen molar-refractivity contribution in [3.8, 4) is 34.5 Å². The van der Waals surface area contributed by atoms with Crippen molar-refractivity contribution in [2.75, 3.05) is 55.6 Å². The monoisotopic (exact) mass is 2180 g/mol. The average molecular weight is 2180 g/mol. The molecule has 2 aliphatic carbocycles.